The third-order valence-corrected chi connectivity index (χ3v) is 4.86. The quantitative estimate of drug-likeness (QED) is 0.538. The summed E-state index contributed by atoms with van der Waals surface area (Å²) < 4.78 is 38.4. The van der Waals surface area contributed by atoms with Crippen LogP contribution in [0.25, 0.3) is 0 Å². The molecule has 9 heteroatoms. The SMILES string of the molecule is CNC(=O)CN(C)C(=O)C[NH+]1CC[NH+](Cc2cccc(C(F)(F)F)c2)CC1. The Morgan fingerprint density at radius 3 is 2.37 bits per heavy atom. The molecule has 27 heavy (non-hydrogen) atoms. The molecule has 0 bridgehead atoms. The molecule has 0 aromatic heterocycles. The average molecular weight is 388 g/mol. The maximum absolute atomic E-state index is 12.8. The van der Waals surface area contributed by atoms with Crippen molar-refractivity contribution in [3.8, 4) is 0 Å². The summed E-state index contributed by atoms with van der Waals surface area (Å²) in [5, 5.41) is 2.48. The number of quaternary nitrogens is 2. The number of hydrogen-bond donors (Lipinski definition) is 3. The Balaban J connectivity index is 1.80. The predicted molar refractivity (Wildman–Crippen MR) is 93.1 cm³/mol. The van der Waals surface area contributed by atoms with Gasteiger partial charge in [0.25, 0.3) is 5.91 Å². The maximum atomic E-state index is 12.8. The fourth-order valence-corrected chi connectivity index (χ4v) is 3.19. The van der Waals surface area contributed by atoms with E-state index < -0.39 is 11.7 Å². The highest BCUT2D eigenvalue weighted by molar-refractivity contribution is 5.84. The van der Waals surface area contributed by atoms with E-state index in [9.17, 15) is 22.8 Å². The lowest BCUT2D eigenvalue weighted by Gasteiger charge is -2.30. The highest BCUT2D eigenvalue weighted by atomic mass is 19.4. The molecule has 0 unspecified atom stereocenters. The van der Waals surface area contributed by atoms with Gasteiger partial charge in [0.1, 0.15) is 32.7 Å². The number of benzene rings is 1. The van der Waals surface area contributed by atoms with E-state index in [2.05, 4.69) is 5.32 Å². The first-order valence-corrected chi connectivity index (χ1v) is 8.97. The zero-order valence-electron chi connectivity index (χ0n) is 15.7. The van der Waals surface area contributed by atoms with Gasteiger partial charge in [-0.3, -0.25) is 9.59 Å². The van der Waals surface area contributed by atoms with Gasteiger partial charge < -0.3 is 20.0 Å². The molecule has 1 aromatic carbocycles. The van der Waals surface area contributed by atoms with Crippen molar-refractivity contribution in [2.75, 3.05) is 53.4 Å². The Morgan fingerprint density at radius 2 is 1.78 bits per heavy atom. The van der Waals surface area contributed by atoms with E-state index in [-0.39, 0.29) is 18.4 Å². The van der Waals surface area contributed by atoms with Crippen LogP contribution in [0.3, 0.4) is 0 Å². The highest BCUT2D eigenvalue weighted by Crippen LogP contribution is 2.29. The van der Waals surface area contributed by atoms with Gasteiger partial charge in [0.05, 0.1) is 12.1 Å². The fraction of sp³-hybridized carbons (Fsp3) is 0.556. The van der Waals surface area contributed by atoms with E-state index in [1.165, 1.54) is 29.0 Å². The largest absolute Gasteiger partial charge is 0.416 e. The van der Waals surface area contributed by atoms with Crippen LogP contribution in [0.15, 0.2) is 24.3 Å². The van der Waals surface area contributed by atoms with E-state index in [4.69, 9.17) is 0 Å². The van der Waals surface area contributed by atoms with Crippen LogP contribution in [-0.2, 0) is 22.3 Å². The second kappa shape index (κ2) is 9.18. The number of likely N-dealkylation sites (N-methyl/N-ethyl adjacent to an activating group) is 2. The van der Waals surface area contributed by atoms with Crippen molar-refractivity contribution in [1.29, 1.82) is 0 Å². The highest BCUT2D eigenvalue weighted by Gasteiger charge is 2.31. The maximum Gasteiger partial charge on any atom is 0.416 e. The lowest BCUT2D eigenvalue weighted by molar-refractivity contribution is -1.02. The van der Waals surface area contributed by atoms with Gasteiger partial charge in [-0.05, 0) is 12.1 Å². The van der Waals surface area contributed by atoms with Crippen LogP contribution in [-0.4, -0.2) is 70.1 Å². The lowest BCUT2D eigenvalue weighted by atomic mass is 10.1. The summed E-state index contributed by atoms with van der Waals surface area (Å²) in [4.78, 5) is 27.3. The van der Waals surface area contributed by atoms with Gasteiger partial charge in [0, 0.05) is 19.7 Å². The minimum absolute atomic E-state index is 0.0372. The third kappa shape index (κ3) is 6.51. The number of nitrogens with one attached hydrogen (secondary N) is 3. The Kier molecular flexibility index (Phi) is 7.20. The van der Waals surface area contributed by atoms with Crippen LogP contribution >= 0.6 is 0 Å². The summed E-state index contributed by atoms with van der Waals surface area (Å²) in [6, 6.07) is 5.46. The van der Waals surface area contributed by atoms with E-state index >= 15 is 0 Å². The summed E-state index contributed by atoms with van der Waals surface area (Å²) in [7, 11) is 3.13. The van der Waals surface area contributed by atoms with Crippen molar-refractivity contribution >= 4 is 11.8 Å². The van der Waals surface area contributed by atoms with E-state index in [0.29, 0.717) is 18.7 Å². The van der Waals surface area contributed by atoms with Gasteiger partial charge in [0.15, 0.2) is 6.54 Å². The Bertz CT molecular complexity index is 658. The zero-order valence-corrected chi connectivity index (χ0v) is 15.7. The fourth-order valence-electron chi connectivity index (χ4n) is 3.19. The van der Waals surface area contributed by atoms with Crippen LogP contribution < -0.4 is 15.1 Å². The van der Waals surface area contributed by atoms with E-state index in [0.717, 1.165) is 37.1 Å². The molecule has 0 spiro atoms. The third-order valence-electron chi connectivity index (χ3n) is 4.86. The summed E-state index contributed by atoms with van der Waals surface area (Å²) in [6.45, 7) is 4.03. The second-order valence-electron chi connectivity index (χ2n) is 6.97. The molecule has 0 atom stereocenters. The molecular weight excluding hydrogens is 361 g/mol. The van der Waals surface area contributed by atoms with Crippen LogP contribution in [0.2, 0.25) is 0 Å². The predicted octanol–water partition coefficient (Wildman–Crippen LogP) is -1.81. The van der Waals surface area contributed by atoms with Crippen molar-refractivity contribution in [1.82, 2.24) is 10.2 Å². The van der Waals surface area contributed by atoms with Crippen LogP contribution in [0, 0.1) is 0 Å². The minimum Gasteiger partial charge on any atom is -0.358 e. The van der Waals surface area contributed by atoms with Crippen LogP contribution in [0.4, 0.5) is 13.2 Å². The molecule has 0 radical (unpaired) electrons. The van der Waals surface area contributed by atoms with Gasteiger partial charge >= 0.3 is 6.18 Å². The number of carbonyl (C=O) groups excluding carboxylic acids is 2. The number of carbonyl (C=O) groups is 2. The number of halogens is 3. The monoisotopic (exact) mass is 388 g/mol. The molecule has 1 heterocycles. The topological polar surface area (TPSA) is 58.3 Å². The van der Waals surface area contributed by atoms with Gasteiger partial charge in [-0.25, -0.2) is 0 Å². The molecule has 1 aromatic rings. The molecule has 2 rings (SSSR count). The van der Waals surface area contributed by atoms with Crippen molar-refractivity contribution in [3.63, 3.8) is 0 Å². The number of piperazine rings is 1. The molecule has 1 saturated heterocycles. The van der Waals surface area contributed by atoms with Crippen molar-refractivity contribution in [2.45, 2.75) is 12.7 Å². The standard InChI is InChI=1S/C18H25F3N4O2/c1-22-16(26)12-23(2)17(27)13-25-8-6-24(7-9-25)11-14-4-3-5-15(10-14)18(19,20)21/h3-5,10H,6-9,11-13H2,1-2H3,(H,22,26)/p+2. The molecule has 1 fully saturated rings. The number of nitrogens with zero attached hydrogens (tertiary/aromatic N) is 1. The normalized spacial score (nSPS) is 20.2. The molecule has 0 saturated carbocycles. The van der Waals surface area contributed by atoms with Crippen LogP contribution in [0.5, 0.6) is 0 Å². The van der Waals surface area contributed by atoms with E-state index in [1.54, 1.807) is 13.1 Å². The average Bonchev–Trinajstić information content (AvgIpc) is 2.62. The first-order chi connectivity index (χ1) is 12.7. The minimum atomic E-state index is -4.32. The Morgan fingerprint density at radius 1 is 1.15 bits per heavy atom. The number of rotatable bonds is 6. The lowest BCUT2D eigenvalue weighted by Crippen LogP contribution is -3.28. The van der Waals surface area contributed by atoms with E-state index in [1.807, 2.05) is 0 Å². The molecule has 1 aliphatic heterocycles. The molecule has 2 amide bonds. The zero-order chi connectivity index (χ0) is 20.0. The van der Waals surface area contributed by atoms with Crippen LogP contribution in [0.1, 0.15) is 11.1 Å². The summed E-state index contributed by atoms with van der Waals surface area (Å²) in [5.41, 5.74) is 0.0538. The Labute approximate surface area is 156 Å². The van der Waals surface area contributed by atoms with Crippen molar-refractivity contribution < 1.29 is 32.6 Å². The number of hydrogen-bond acceptors (Lipinski definition) is 2. The van der Waals surface area contributed by atoms with Gasteiger partial charge in [0.2, 0.25) is 5.91 Å². The molecule has 150 valence electrons. The van der Waals surface area contributed by atoms with Crippen molar-refractivity contribution in [3.05, 3.63) is 35.4 Å². The van der Waals surface area contributed by atoms with Gasteiger partial charge in [-0.1, -0.05) is 12.1 Å². The number of alkyl halides is 3. The smallest absolute Gasteiger partial charge is 0.358 e. The number of amides is 2. The second-order valence-corrected chi connectivity index (χ2v) is 6.97. The molecule has 0 aliphatic carbocycles. The molecule has 1 aliphatic rings. The van der Waals surface area contributed by atoms with Crippen molar-refractivity contribution in [2.24, 2.45) is 0 Å². The molecule has 3 N–H and O–H groups in total. The summed E-state index contributed by atoms with van der Waals surface area (Å²) >= 11 is 0. The summed E-state index contributed by atoms with van der Waals surface area (Å²) in [6.07, 6.45) is -4.32. The first kappa shape index (κ1) is 21.2. The molecular formula is C18H27F3N4O2+2. The molecule has 6 nitrogen and oxygen atoms in total. The Hall–Kier alpha value is -2.13. The first-order valence-electron chi connectivity index (χ1n) is 8.97. The summed E-state index contributed by atoms with van der Waals surface area (Å²) in [5.74, 6) is -0.300. The van der Waals surface area contributed by atoms with Gasteiger partial charge in [-0.2, -0.15) is 13.2 Å². The van der Waals surface area contributed by atoms with Gasteiger partial charge in [-0.15, -0.1) is 0 Å².